The molecule has 8 nitrogen and oxygen atoms in total. The second-order valence-electron chi connectivity index (χ2n) is 6.94. The summed E-state index contributed by atoms with van der Waals surface area (Å²) in [6.45, 7) is 4.68. The third-order valence-electron chi connectivity index (χ3n) is 4.06. The van der Waals surface area contributed by atoms with Crippen molar-refractivity contribution < 1.29 is 19.1 Å². The largest absolute Gasteiger partial charge is 0.493 e. The van der Waals surface area contributed by atoms with Crippen molar-refractivity contribution in [3.8, 4) is 11.5 Å². The summed E-state index contributed by atoms with van der Waals surface area (Å²) in [5, 5.41) is 14.9. The molecule has 158 valence electrons. The van der Waals surface area contributed by atoms with Crippen LogP contribution in [0.2, 0.25) is 0 Å². The van der Waals surface area contributed by atoms with E-state index < -0.39 is 0 Å². The van der Waals surface area contributed by atoms with E-state index in [0.29, 0.717) is 35.5 Å². The number of aromatic nitrogens is 2. The Morgan fingerprint density at radius 3 is 2.48 bits per heavy atom. The van der Waals surface area contributed by atoms with Crippen LogP contribution in [0.15, 0.2) is 18.2 Å². The lowest BCUT2D eigenvalue weighted by Crippen LogP contribution is -2.26. The fourth-order valence-corrected chi connectivity index (χ4v) is 3.58. The van der Waals surface area contributed by atoms with Gasteiger partial charge in [-0.3, -0.25) is 9.59 Å². The maximum absolute atomic E-state index is 12.0. The number of ether oxygens (including phenoxy) is 2. The van der Waals surface area contributed by atoms with Crippen molar-refractivity contribution in [3.05, 3.63) is 28.8 Å². The fraction of sp³-hybridized carbons (Fsp3) is 0.500. The first-order valence-electron chi connectivity index (χ1n) is 9.51. The third-order valence-corrected chi connectivity index (χ3v) is 4.92. The number of benzene rings is 1. The van der Waals surface area contributed by atoms with Crippen molar-refractivity contribution in [3.63, 3.8) is 0 Å². The van der Waals surface area contributed by atoms with Gasteiger partial charge in [-0.2, -0.15) is 0 Å². The molecule has 1 heterocycles. The molecule has 2 rings (SSSR count). The molecule has 0 aliphatic rings. The topological polar surface area (TPSA) is 102 Å². The highest BCUT2D eigenvalue weighted by Crippen LogP contribution is 2.27. The molecule has 2 amide bonds. The molecule has 1 aromatic carbocycles. The maximum atomic E-state index is 12.0. The van der Waals surface area contributed by atoms with Crippen LogP contribution >= 0.6 is 11.3 Å². The molecule has 0 unspecified atom stereocenters. The highest BCUT2D eigenvalue weighted by molar-refractivity contribution is 7.15. The van der Waals surface area contributed by atoms with E-state index in [4.69, 9.17) is 9.47 Å². The predicted molar refractivity (Wildman–Crippen MR) is 113 cm³/mol. The first kappa shape index (κ1) is 22.6. The second-order valence-corrected chi connectivity index (χ2v) is 8.00. The molecule has 0 saturated carbocycles. The van der Waals surface area contributed by atoms with Crippen molar-refractivity contribution in [2.24, 2.45) is 5.92 Å². The Labute approximate surface area is 175 Å². The van der Waals surface area contributed by atoms with Crippen LogP contribution in [-0.2, 0) is 22.4 Å². The number of hydrogen-bond donors (Lipinski definition) is 2. The molecular formula is C20H28N4O4S. The zero-order chi connectivity index (χ0) is 21.2. The summed E-state index contributed by atoms with van der Waals surface area (Å²) in [4.78, 5) is 24.0. The number of carbonyl (C=O) groups is 2. The van der Waals surface area contributed by atoms with E-state index in [-0.39, 0.29) is 24.7 Å². The Balaban J connectivity index is 1.69. The van der Waals surface area contributed by atoms with Crippen molar-refractivity contribution in [2.75, 3.05) is 26.1 Å². The Bertz CT molecular complexity index is 823. The van der Waals surface area contributed by atoms with E-state index in [1.807, 2.05) is 18.2 Å². The normalized spacial score (nSPS) is 10.7. The van der Waals surface area contributed by atoms with Gasteiger partial charge in [0.2, 0.25) is 16.9 Å². The highest BCUT2D eigenvalue weighted by Gasteiger charge is 2.11. The summed E-state index contributed by atoms with van der Waals surface area (Å²) in [7, 11) is 3.17. The summed E-state index contributed by atoms with van der Waals surface area (Å²) in [6, 6.07) is 5.64. The van der Waals surface area contributed by atoms with Crippen molar-refractivity contribution in [2.45, 2.75) is 39.5 Å². The lowest BCUT2D eigenvalue weighted by molar-refractivity contribution is -0.124. The van der Waals surface area contributed by atoms with Crippen molar-refractivity contribution in [1.29, 1.82) is 0 Å². The van der Waals surface area contributed by atoms with Crippen molar-refractivity contribution >= 4 is 28.3 Å². The molecule has 0 atom stereocenters. The minimum Gasteiger partial charge on any atom is -0.493 e. The molecular weight excluding hydrogens is 392 g/mol. The van der Waals surface area contributed by atoms with Gasteiger partial charge < -0.3 is 20.1 Å². The van der Waals surface area contributed by atoms with Crippen LogP contribution < -0.4 is 20.1 Å². The van der Waals surface area contributed by atoms with Gasteiger partial charge in [0.15, 0.2) is 11.5 Å². The molecule has 0 fully saturated rings. The molecule has 0 spiro atoms. The quantitative estimate of drug-likeness (QED) is 0.580. The summed E-state index contributed by atoms with van der Waals surface area (Å²) in [5.74, 6) is 1.39. The number of carbonyl (C=O) groups excluding carboxylic acids is 2. The highest BCUT2D eigenvalue weighted by atomic mass is 32.1. The Hall–Kier alpha value is -2.68. The number of methoxy groups -OCH3 is 2. The van der Waals surface area contributed by atoms with Gasteiger partial charge in [-0.25, -0.2) is 0 Å². The number of nitrogens with one attached hydrogen (secondary N) is 2. The van der Waals surface area contributed by atoms with Gasteiger partial charge in [0, 0.05) is 25.8 Å². The lowest BCUT2D eigenvalue weighted by atomic mass is 10.1. The molecule has 9 heteroatoms. The minimum atomic E-state index is -0.243. The van der Waals surface area contributed by atoms with Gasteiger partial charge in [0.05, 0.1) is 14.2 Å². The Morgan fingerprint density at radius 2 is 1.79 bits per heavy atom. The van der Waals surface area contributed by atoms with Crippen molar-refractivity contribution in [1.82, 2.24) is 15.5 Å². The van der Waals surface area contributed by atoms with Gasteiger partial charge in [-0.1, -0.05) is 31.3 Å². The second kappa shape index (κ2) is 11.4. The average Bonchev–Trinajstić information content (AvgIpc) is 3.12. The standard InChI is InChI=1S/C20H28N4O4S/c1-13(2)11-19-23-24-20(29-19)22-18(26)8-7-17(25)21-10-9-14-5-6-15(27-3)16(12-14)28-4/h5-6,12-13H,7-11H2,1-4H3,(H,21,25)(H,22,24,26). The monoisotopic (exact) mass is 420 g/mol. The van der Waals surface area contributed by atoms with Crippen LogP contribution in [0.25, 0.3) is 0 Å². The third kappa shape index (κ3) is 7.69. The minimum absolute atomic E-state index is 0.0985. The van der Waals surface area contributed by atoms with Crippen LogP contribution in [0.3, 0.4) is 0 Å². The molecule has 0 aliphatic carbocycles. The SMILES string of the molecule is COc1ccc(CCNC(=O)CCC(=O)Nc2nnc(CC(C)C)s2)cc1OC. The predicted octanol–water partition coefficient (Wildman–Crippen LogP) is 2.83. The lowest BCUT2D eigenvalue weighted by Gasteiger charge is -2.10. The van der Waals surface area contributed by atoms with Gasteiger partial charge in [-0.05, 0) is 30.0 Å². The first-order chi connectivity index (χ1) is 13.9. The van der Waals surface area contributed by atoms with Crippen LogP contribution in [0, 0.1) is 5.92 Å². The molecule has 0 radical (unpaired) electrons. The van der Waals surface area contributed by atoms with E-state index in [1.165, 1.54) is 11.3 Å². The van der Waals surface area contributed by atoms with Crippen LogP contribution in [-0.4, -0.2) is 42.8 Å². The van der Waals surface area contributed by atoms with E-state index >= 15 is 0 Å². The smallest absolute Gasteiger partial charge is 0.226 e. The van der Waals surface area contributed by atoms with E-state index in [9.17, 15) is 9.59 Å². The number of hydrogen-bond acceptors (Lipinski definition) is 7. The number of rotatable bonds is 11. The summed E-state index contributed by atoms with van der Waals surface area (Å²) in [5.41, 5.74) is 1.02. The molecule has 2 N–H and O–H groups in total. The van der Waals surface area contributed by atoms with Gasteiger partial charge in [-0.15, -0.1) is 10.2 Å². The fourth-order valence-electron chi connectivity index (χ4n) is 2.62. The number of nitrogens with zero attached hydrogens (tertiary/aromatic N) is 2. The average molecular weight is 421 g/mol. The summed E-state index contributed by atoms with van der Waals surface area (Å²) in [6.07, 6.45) is 1.70. The zero-order valence-electron chi connectivity index (χ0n) is 17.3. The maximum Gasteiger partial charge on any atom is 0.226 e. The molecule has 2 aromatic rings. The molecule has 0 aliphatic heterocycles. The number of anilines is 1. The molecule has 1 aromatic heterocycles. The van der Waals surface area contributed by atoms with E-state index in [2.05, 4.69) is 34.7 Å². The first-order valence-corrected chi connectivity index (χ1v) is 10.3. The molecule has 0 saturated heterocycles. The number of amides is 2. The molecule has 29 heavy (non-hydrogen) atoms. The Morgan fingerprint density at radius 1 is 1.07 bits per heavy atom. The summed E-state index contributed by atoms with van der Waals surface area (Å²) < 4.78 is 10.5. The van der Waals surface area contributed by atoms with Crippen LogP contribution in [0.5, 0.6) is 11.5 Å². The summed E-state index contributed by atoms with van der Waals surface area (Å²) >= 11 is 1.37. The van der Waals surface area contributed by atoms with E-state index in [1.54, 1.807) is 14.2 Å². The van der Waals surface area contributed by atoms with Crippen LogP contribution in [0.1, 0.15) is 37.3 Å². The van der Waals surface area contributed by atoms with Gasteiger partial charge in [0.25, 0.3) is 0 Å². The van der Waals surface area contributed by atoms with Gasteiger partial charge in [0.1, 0.15) is 5.01 Å². The molecule has 0 bridgehead atoms. The zero-order valence-corrected chi connectivity index (χ0v) is 18.1. The van der Waals surface area contributed by atoms with Crippen LogP contribution in [0.4, 0.5) is 5.13 Å². The van der Waals surface area contributed by atoms with Gasteiger partial charge >= 0.3 is 0 Å². The van der Waals surface area contributed by atoms with E-state index in [0.717, 1.165) is 17.0 Å². The Kier molecular flexibility index (Phi) is 8.85.